The summed E-state index contributed by atoms with van der Waals surface area (Å²) in [5.41, 5.74) is 7.25. The molecule has 7 nitrogen and oxygen atoms in total. The molecule has 1 aromatic carbocycles. The van der Waals surface area contributed by atoms with Gasteiger partial charge < -0.3 is 11.1 Å². The molecule has 0 aliphatic carbocycles. The maximum Gasteiger partial charge on any atom is 0.239 e. The molecule has 2 aromatic rings. The van der Waals surface area contributed by atoms with E-state index in [4.69, 9.17) is 5.73 Å². The Kier molecular flexibility index (Phi) is 3.56. The van der Waals surface area contributed by atoms with Crippen LogP contribution in [0.2, 0.25) is 0 Å². The molecule has 3 N–H and O–H groups in total. The number of carbonyl (C=O) groups is 2. The van der Waals surface area contributed by atoms with Crippen LogP contribution in [0.3, 0.4) is 0 Å². The van der Waals surface area contributed by atoms with Gasteiger partial charge >= 0.3 is 0 Å². The van der Waals surface area contributed by atoms with Gasteiger partial charge in [-0.3, -0.25) is 9.59 Å². The summed E-state index contributed by atoms with van der Waals surface area (Å²) in [6.07, 6.45) is 1.64. The van der Waals surface area contributed by atoms with Crippen molar-refractivity contribution in [3.05, 3.63) is 30.5 Å². The quantitative estimate of drug-likeness (QED) is 0.828. The number of aromatic nitrogens is 3. The Bertz CT molecular complexity index is 603. The van der Waals surface area contributed by atoms with Crippen molar-refractivity contribution in [1.29, 1.82) is 0 Å². The molecule has 19 heavy (non-hydrogen) atoms. The topological polar surface area (TPSA) is 103 Å². The molecular formula is C12H13N5O2. The molecule has 0 bridgehead atoms. The van der Waals surface area contributed by atoms with Crippen molar-refractivity contribution < 1.29 is 9.59 Å². The van der Waals surface area contributed by atoms with Crippen LogP contribution in [-0.4, -0.2) is 26.8 Å². The molecule has 0 aliphatic heterocycles. The Balaban J connectivity index is 2.15. The maximum atomic E-state index is 10.9. The van der Waals surface area contributed by atoms with Crippen LogP contribution in [0, 0.1) is 0 Å². The lowest BCUT2D eigenvalue weighted by Gasteiger charge is -2.02. The number of primary amides is 1. The molecule has 0 radical (unpaired) electrons. The molecule has 1 heterocycles. The predicted molar refractivity (Wildman–Crippen MR) is 69.0 cm³/mol. The first-order valence-electron chi connectivity index (χ1n) is 5.61. The van der Waals surface area contributed by atoms with E-state index in [1.165, 1.54) is 11.6 Å². The van der Waals surface area contributed by atoms with Gasteiger partial charge in [-0.05, 0) is 12.1 Å². The fourth-order valence-corrected chi connectivity index (χ4v) is 1.60. The molecule has 7 heteroatoms. The van der Waals surface area contributed by atoms with E-state index in [1.807, 2.05) is 12.1 Å². The second-order valence-corrected chi connectivity index (χ2v) is 4.03. The number of nitrogens with one attached hydrogen (secondary N) is 1. The van der Waals surface area contributed by atoms with Crippen molar-refractivity contribution >= 4 is 17.5 Å². The maximum absolute atomic E-state index is 10.9. The van der Waals surface area contributed by atoms with Gasteiger partial charge in [0.2, 0.25) is 11.8 Å². The first-order chi connectivity index (χ1) is 9.04. The zero-order valence-corrected chi connectivity index (χ0v) is 10.3. The lowest BCUT2D eigenvalue weighted by Crippen LogP contribution is -2.18. The number of benzene rings is 1. The predicted octanol–water partition coefficient (Wildman–Crippen LogP) is 0.389. The summed E-state index contributed by atoms with van der Waals surface area (Å²) in [6.45, 7) is 1.44. The second kappa shape index (κ2) is 5.30. The van der Waals surface area contributed by atoms with E-state index < -0.39 is 5.91 Å². The second-order valence-electron chi connectivity index (χ2n) is 4.03. The molecule has 0 saturated heterocycles. The van der Waals surface area contributed by atoms with Crippen molar-refractivity contribution in [2.24, 2.45) is 5.73 Å². The van der Waals surface area contributed by atoms with Gasteiger partial charge in [0.15, 0.2) is 0 Å². The Hall–Kier alpha value is -2.70. The van der Waals surface area contributed by atoms with Crippen molar-refractivity contribution in [3.63, 3.8) is 0 Å². The van der Waals surface area contributed by atoms with Gasteiger partial charge in [0.05, 0.1) is 6.20 Å². The standard InChI is InChI=1S/C12H13N5O2/c1-8(18)14-10-4-2-9(3-5-10)11-6-17(16-15-11)7-12(13)19/h2-6H,7H2,1H3,(H2,13,19)(H,14,18). The number of rotatable bonds is 4. The van der Waals surface area contributed by atoms with Crippen molar-refractivity contribution in [1.82, 2.24) is 15.0 Å². The fourth-order valence-electron chi connectivity index (χ4n) is 1.60. The van der Waals surface area contributed by atoms with Crippen LogP contribution in [-0.2, 0) is 16.1 Å². The smallest absolute Gasteiger partial charge is 0.239 e. The largest absolute Gasteiger partial charge is 0.368 e. The molecule has 0 atom stereocenters. The van der Waals surface area contributed by atoms with Gasteiger partial charge in [0.1, 0.15) is 12.2 Å². The summed E-state index contributed by atoms with van der Waals surface area (Å²) >= 11 is 0. The molecule has 2 amide bonds. The number of amides is 2. The first kappa shape index (κ1) is 12.7. The van der Waals surface area contributed by atoms with Crippen molar-refractivity contribution in [2.45, 2.75) is 13.5 Å². The van der Waals surface area contributed by atoms with E-state index in [0.717, 1.165) is 5.56 Å². The van der Waals surface area contributed by atoms with E-state index in [2.05, 4.69) is 15.6 Å². The van der Waals surface area contributed by atoms with Gasteiger partial charge in [0, 0.05) is 18.2 Å². The Morgan fingerprint density at radius 1 is 1.32 bits per heavy atom. The van der Waals surface area contributed by atoms with Crippen LogP contribution in [0.1, 0.15) is 6.92 Å². The normalized spacial score (nSPS) is 10.2. The highest BCUT2D eigenvalue weighted by Crippen LogP contribution is 2.18. The van der Waals surface area contributed by atoms with E-state index in [0.29, 0.717) is 11.4 Å². The highest BCUT2D eigenvalue weighted by Gasteiger charge is 2.05. The van der Waals surface area contributed by atoms with E-state index in [9.17, 15) is 9.59 Å². The highest BCUT2D eigenvalue weighted by molar-refractivity contribution is 5.88. The van der Waals surface area contributed by atoms with Crippen LogP contribution in [0.4, 0.5) is 5.69 Å². The lowest BCUT2D eigenvalue weighted by molar-refractivity contribution is -0.118. The monoisotopic (exact) mass is 259 g/mol. The summed E-state index contributed by atoms with van der Waals surface area (Å²) in [5, 5.41) is 10.4. The molecule has 0 fully saturated rings. The Labute approximate surface area is 109 Å². The summed E-state index contributed by atoms with van der Waals surface area (Å²) in [6, 6.07) is 7.15. The van der Waals surface area contributed by atoms with E-state index in [-0.39, 0.29) is 12.5 Å². The molecule has 0 unspecified atom stereocenters. The third-order valence-corrected chi connectivity index (χ3v) is 2.36. The van der Waals surface area contributed by atoms with Gasteiger partial charge in [-0.2, -0.15) is 0 Å². The average Bonchev–Trinajstić information content (AvgIpc) is 2.76. The van der Waals surface area contributed by atoms with Crippen LogP contribution < -0.4 is 11.1 Å². The molecule has 2 rings (SSSR count). The van der Waals surface area contributed by atoms with Crippen molar-refractivity contribution in [2.75, 3.05) is 5.32 Å². The highest BCUT2D eigenvalue weighted by atomic mass is 16.1. The average molecular weight is 259 g/mol. The molecule has 98 valence electrons. The number of hydrogen-bond donors (Lipinski definition) is 2. The minimum atomic E-state index is -0.475. The Morgan fingerprint density at radius 3 is 2.58 bits per heavy atom. The molecule has 0 aliphatic rings. The van der Waals surface area contributed by atoms with Crippen molar-refractivity contribution in [3.8, 4) is 11.3 Å². The first-order valence-corrected chi connectivity index (χ1v) is 5.61. The molecule has 0 saturated carbocycles. The third-order valence-electron chi connectivity index (χ3n) is 2.36. The third kappa shape index (κ3) is 3.38. The molecular weight excluding hydrogens is 246 g/mol. The number of carbonyl (C=O) groups excluding carboxylic acids is 2. The van der Waals surface area contributed by atoms with Gasteiger partial charge in [-0.15, -0.1) is 5.10 Å². The SMILES string of the molecule is CC(=O)Nc1ccc(-c2cn(CC(N)=O)nn2)cc1. The summed E-state index contributed by atoms with van der Waals surface area (Å²) in [5.74, 6) is -0.599. The van der Waals surface area contributed by atoms with Gasteiger partial charge in [0.25, 0.3) is 0 Å². The van der Waals surface area contributed by atoms with E-state index >= 15 is 0 Å². The zero-order valence-electron chi connectivity index (χ0n) is 10.3. The molecule has 0 spiro atoms. The number of nitrogens with zero attached hydrogens (tertiary/aromatic N) is 3. The fraction of sp³-hybridized carbons (Fsp3) is 0.167. The van der Waals surface area contributed by atoms with E-state index in [1.54, 1.807) is 18.3 Å². The summed E-state index contributed by atoms with van der Waals surface area (Å²) < 4.78 is 1.37. The van der Waals surface area contributed by atoms with Gasteiger partial charge in [-0.1, -0.05) is 17.3 Å². The van der Waals surface area contributed by atoms with Crippen LogP contribution in [0.25, 0.3) is 11.3 Å². The van der Waals surface area contributed by atoms with Gasteiger partial charge in [-0.25, -0.2) is 4.68 Å². The summed E-state index contributed by atoms with van der Waals surface area (Å²) in [4.78, 5) is 21.6. The summed E-state index contributed by atoms with van der Waals surface area (Å²) in [7, 11) is 0. The van der Waals surface area contributed by atoms with Crippen LogP contribution in [0.5, 0.6) is 0 Å². The number of hydrogen-bond acceptors (Lipinski definition) is 4. The number of nitrogens with two attached hydrogens (primary N) is 1. The van der Waals surface area contributed by atoms with Crippen LogP contribution >= 0.6 is 0 Å². The zero-order chi connectivity index (χ0) is 13.8. The Morgan fingerprint density at radius 2 is 2.00 bits per heavy atom. The number of anilines is 1. The lowest BCUT2D eigenvalue weighted by atomic mass is 10.1. The minimum absolute atomic E-state index is 0.00300. The molecule has 1 aromatic heterocycles. The minimum Gasteiger partial charge on any atom is -0.368 e. The van der Waals surface area contributed by atoms with Crippen LogP contribution in [0.15, 0.2) is 30.5 Å².